The molecule has 6 nitrogen and oxygen atoms in total. The molecule has 2 amide bonds. The van der Waals surface area contributed by atoms with Crippen LogP contribution < -0.4 is 0 Å². The van der Waals surface area contributed by atoms with Crippen molar-refractivity contribution in [1.29, 1.82) is 0 Å². The molecule has 2 fully saturated rings. The van der Waals surface area contributed by atoms with Crippen LogP contribution in [0.2, 0.25) is 0 Å². The third-order valence-corrected chi connectivity index (χ3v) is 5.46. The zero-order valence-electron chi connectivity index (χ0n) is 14.4. The SMILES string of the molecule is CC(=O)N(CC(=O)O)C1CCCN(C(=O)C2(C(C)C)CC2)CC1. The second-order valence-corrected chi connectivity index (χ2v) is 7.23. The molecule has 130 valence electrons. The Morgan fingerprint density at radius 1 is 1.22 bits per heavy atom. The van der Waals surface area contributed by atoms with Crippen molar-refractivity contribution in [2.24, 2.45) is 11.3 Å². The van der Waals surface area contributed by atoms with Crippen LogP contribution in [0, 0.1) is 11.3 Å². The van der Waals surface area contributed by atoms with Gasteiger partial charge in [0, 0.05) is 26.1 Å². The summed E-state index contributed by atoms with van der Waals surface area (Å²) in [6, 6.07) is -0.0874. The van der Waals surface area contributed by atoms with E-state index in [9.17, 15) is 14.4 Å². The molecule has 1 heterocycles. The minimum atomic E-state index is -0.992. The summed E-state index contributed by atoms with van der Waals surface area (Å²) in [5, 5.41) is 8.99. The number of nitrogens with zero attached hydrogens (tertiary/aromatic N) is 2. The molecule has 2 rings (SSSR count). The molecule has 1 N–H and O–H groups in total. The van der Waals surface area contributed by atoms with Crippen molar-refractivity contribution in [3.05, 3.63) is 0 Å². The van der Waals surface area contributed by atoms with E-state index in [1.807, 2.05) is 4.90 Å². The van der Waals surface area contributed by atoms with Crippen LogP contribution in [0.25, 0.3) is 0 Å². The molecule has 23 heavy (non-hydrogen) atoms. The summed E-state index contributed by atoms with van der Waals surface area (Å²) in [7, 11) is 0. The highest BCUT2D eigenvalue weighted by atomic mass is 16.4. The minimum Gasteiger partial charge on any atom is -0.480 e. The molecule has 1 aliphatic carbocycles. The predicted molar refractivity (Wildman–Crippen MR) is 85.7 cm³/mol. The average Bonchev–Trinajstić information content (AvgIpc) is 3.28. The van der Waals surface area contributed by atoms with Gasteiger partial charge in [0.25, 0.3) is 0 Å². The zero-order valence-corrected chi connectivity index (χ0v) is 14.4. The lowest BCUT2D eigenvalue weighted by atomic mass is 9.91. The Morgan fingerprint density at radius 2 is 1.87 bits per heavy atom. The van der Waals surface area contributed by atoms with Crippen LogP contribution in [0.4, 0.5) is 0 Å². The normalized spacial score (nSPS) is 23.3. The van der Waals surface area contributed by atoms with Crippen LogP contribution in [0.5, 0.6) is 0 Å². The number of hydrogen-bond donors (Lipinski definition) is 1. The molecular formula is C17H28N2O4. The quantitative estimate of drug-likeness (QED) is 0.835. The summed E-state index contributed by atoms with van der Waals surface area (Å²) in [4.78, 5) is 38.9. The highest BCUT2D eigenvalue weighted by Crippen LogP contribution is 2.53. The summed E-state index contributed by atoms with van der Waals surface area (Å²) in [6.07, 6.45) is 4.18. The lowest BCUT2D eigenvalue weighted by Gasteiger charge is -2.30. The van der Waals surface area contributed by atoms with E-state index >= 15 is 0 Å². The van der Waals surface area contributed by atoms with Crippen LogP contribution in [-0.2, 0) is 14.4 Å². The van der Waals surface area contributed by atoms with Gasteiger partial charge in [-0.1, -0.05) is 13.8 Å². The van der Waals surface area contributed by atoms with Crippen molar-refractivity contribution in [2.45, 2.75) is 58.9 Å². The molecule has 0 aromatic heterocycles. The largest absolute Gasteiger partial charge is 0.480 e. The van der Waals surface area contributed by atoms with Gasteiger partial charge in [0.2, 0.25) is 11.8 Å². The van der Waals surface area contributed by atoms with E-state index in [0.29, 0.717) is 25.4 Å². The molecule has 0 radical (unpaired) electrons. The standard InChI is InChI=1S/C17H28N2O4/c1-12(2)17(7-8-17)16(23)18-9-4-5-14(6-10-18)19(13(3)20)11-15(21)22/h12,14H,4-11H2,1-3H3,(H,21,22). The third-order valence-electron chi connectivity index (χ3n) is 5.46. The Bertz CT molecular complexity index is 485. The number of aliphatic carboxylic acids is 1. The van der Waals surface area contributed by atoms with Crippen LogP contribution in [0.15, 0.2) is 0 Å². The first-order valence-corrected chi connectivity index (χ1v) is 8.56. The second-order valence-electron chi connectivity index (χ2n) is 7.23. The van der Waals surface area contributed by atoms with Gasteiger partial charge in [0.1, 0.15) is 6.54 Å². The fraction of sp³-hybridized carbons (Fsp3) is 0.824. The molecule has 0 aromatic rings. The summed E-state index contributed by atoms with van der Waals surface area (Å²) in [5.41, 5.74) is -0.166. The van der Waals surface area contributed by atoms with Crippen LogP contribution >= 0.6 is 0 Å². The van der Waals surface area contributed by atoms with Crippen LogP contribution in [-0.4, -0.2) is 58.4 Å². The van der Waals surface area contributed by atoms with Gasteiger partial charge in [-0.2, -0.15) is 0 Å². The van der Waals surface area contributed by atoms with Crippen LogP contribution in [0.1, 0.15) is 52.9 Å². The zero-order chi connectivity index (χ0) is 17.2. The molecule has 1 unspecified atom stereocenters. The van der Waals surface area contributed by atoms with E-state index in [1.165, 1.54) is 11.8 Å². The molecule has 1 saturated carbocycles. The number of carboxylic acid groups (broad SMARTS) is 1. The summed E-state index contributed by atoms with van der Waals surface area (Å²) in [5.74, 6) is -0.595. The Balaban J connectivity index is 2.00. The summed E-state index contributed by atoms with van der Waals surface area (Å²) < 4.78 is 0. The van der Waals surface area contributed by atoms with Gasteiger partial charge in [-0.25, -0.2) is 0 Å². The Labute approximate surface area is 137 Å². The van der Waals surface area contributed by atoms with Crippen molar-refractivity contribution in [1.82, 2.24) is 9.80 Å². The van der Waals surface area contributed by atoms with Gasteiger partial charge in [-0.05, 0) is 38.0 Å². The fourth-order valence-electron chi connectivity index (χ4n) is 3.72. The van der Waals surface area contributed by atoms with Crippen molar-refractivity contribution in [3.8, 4) is 0 Å². The van der Waals surface area contributed by atoms with E-state index in [4.69, 9.17) is 5.11 Å². The molecule has 6 heteroatoms. The van der Waals surface area contributed by atoms with Gasteiger partial charge >= 0.3 is 5.97 Å². The van der Waals surface area contributed by atoms with Crippen molar-refractivity contribution < 1.29 is 19.5 Å². The van der Waals surface area contributed by atoms with Crippen LogP contribution in [0.3, 0.4) is 0 Å². The van der Waals surface area contributed by atoms with Crippen molar-refractivity contribution >= 4 is 17.8 Å². The smallest absolute Gasteiger partial charge is 0.323 e. The van der Waals surface area contributed by atoms with E-state index in [0.717, 1.165) is 25.7 Å². The maximum absolute atomic E-state index is 12.8. The molecule has 1 aliphatic heterocycles. The van der Waals surface area contributed by atoms with Crippen molar-refractivity contribution in [2.75, 3.05) is 19.6 Å². The number of rotatable bonds is 5. The van der Waals surface area contributed by atoms with Gasteiger partial charge in [-0.15, -0.1) is 0 Å². The van der Waals surface area contributed by atoms with Gasteiger partial charge in [-0.3, -0.25) is 14.4 Å². The molecule has 2 aliphatic rings. The molecule has 0 aromatic carbocycles. The van der Waals surface area contributed by atoms with Gasteiger partial charge in [0.15, 0.2) is 0 Å². The highest BCUT2D eigenvalue weighted by molar-refractivity contribution is 5.85. The molecule has 1 saturated heterocycles. The first kappa shape index (κ1) is 17.8. The number of carboxylic acids is 1. The Morgan fingerprint density at radius 3 is 2.35 bits per heavy atom. The maximum Gasteiger partial charge on any atom is 0.323 e. The number of amides is 2. The van der Waals surface area contributed by atoms with E-state index < -0.39 is 5.97 Å². The monoisotopic (exact) mass is 324 g/mol. The van der Waals surface area contributed by atoms with E-state index in [-0.39, 0.29) is 29.8 Å². The number of carbonyl (C=O) groups excluding carboxylic acids is 2. The third kappa shape index (κ3) is 3.85. The number of likely N-dealkylation sites (tertiary alicyclic amines) is 1. The van der Waals surface area contributed by atoms with E-state index in [1.54, 1.807) is 0 Å². The minimum absolute atomic E-state index is 0.0874. The highest BCUT2D eigenvalue weighted by Gasteiger charge is 2.53. The summed E-state index contributed by atoms with van der Waals surface area (Å²) in [6.45, 7) is 6.69. The number of hydrogen-bond acceptors (Lipinski definition) is 3. The molecule has 0 bridgehead atoms. The summed E-state index contributed by atoms with van der Waals surface area (Å²) >= 11 is 0. The fourth-order valence-corrected chi connectivity index (χ4v) is 3.72. The molecule has 1 atom stereocenters. The van der Waals surface area contributed by atoms with Crippen molar-refractivity contribution in [3.63, 3.8) is 0 Å². The Kier molecular flexibility index (Phi) is 5.32. The topological polar surface area (TPSA) is 77.9 Å². The number of carbonyl (C=O) groups is 3. The maximum atomic E-state index is 12.8. The van der Waals surface area contributed by atoms with E-state index in [2.05, 4.69) is 13.8 Å². The average molecular weight is 324 g/mol. The lowest BCUT2D eigenvalue weighted by molar-refractivity contribution is -0.145. The second kappa shape index (κ2) is 6.89. The molecular weight excluding hydrogens is 296 g/mol. The molecule has 0 spiro atoms. The first-order valence-electron chi connectivity index (χ1n) is 8.56. The Hall–Kier alpha value is -1.59. The van der Waals surface area contributed by atoms with Gasteiger partial charge in [0.05, 0.1) is 5.41 Å². The first-order chi connectivity index (χ1) is 10.8. The lowest BCUT2D eigenvalue weighted by Crippen LogP contribution is -2.43. The van der Waals surface area contributed by atoms with Gasteiger partial charge < -0.3 is 14.9 Å². The predicted octanol–water partition coefficient (Wildman–Crippen LogP) is 1.74.